The highest BCUT2D eigenvalue weighted by molar-refractivity contribution is 8.13. The van der Waals surface area contributed by atoms with Crippen molar-refractivity contribution in [2.45, 2.75) is 13.2 Å². The molecule has 136 valence electrons. The second-order valence-corrected chi connectivity index (χ2v) is 6.71. The van der Waals surface area contributed by atoms with Gasteiger partial charge >= 0.3 is 0 Å². The van der Waals surface area contributed by atoms with Crippen molar-refractivity contribution in [3.05, 3.63) is 71.6 Å². The van der Waals surface area contributed by atoms with Crippen LogP contribution in [-0.4, -0.2) is 23.8 Å². The van der Waals surface area contributed by atoms with Crippen molar-refractivity contribution < 1.29 is 9.47 Å². The van der Waals surface area contributed by atoms with Gasteiger partial charge in [0.25, 0.3) is 0 Å². The second-order valence-electron chi connectivity index (χ2n) is 5.88. The van der Waals surface area contributed by atoms with Crippen LogP contribution < -0.4 is 10.1 Å². The van der Waals surface area contributed by atoms with Gasteiger partial charge in [-0.25, -0.2) is 4.99 Å². The number of benzene rings is 2. The van der Waals surface area contributed by atoms with Crippen molar-refractivity contribution in [2.24, 2.45) is 9.98 Å². The molecule has 0 radical (unpaired) electrons. The molecule has 0 fully saturated rings. The van der Waals surface area contributed by atoms with Crippen molar-refractivity contribution in [3.8, 4) is 5.75 Å². The summed E-state index contributed by atoms with van der Waals surface area (Å²) in [6.45, 7) is 2.61. The molecule has 0 spiro atoms. The molecule has 1 N–H and O–H groups in total. The van der Waals surface area contributed by atoms with Gasteiger partial charge in [-0.1, -0.05) is 18.2 Å². The number of fused-ring (bicyclic) bond motifs is 2. The molecule has 27 heavy (non-hydrogen) atoms. The van der Waals surface area contributed by atoms with Gasteiger partial charge in [0.2, 0.25) is 5.88 Å². The first kappa shape index (κ1) is 17.5. The van der Waals surface area contributed by atoms with Gasteiger partial charge in [-0.3, -0.25) is 0 Å². The largest absolute Gasteiger partial charge is 0.494 e. The molecule has 1 unspecified atom stereocenters. The van der Waals surface area contributed by atoms with E-state index in [2.05, 4.69) is 21.2 Å². The van der Waals surface area contributed by atoms with Crippen LogP contribution in [0.1, 0.15) is 24.3 Å². The molecule has 5 nitrogen and oxygen atoms in total. The SMILES string of the molecule is CCOc1ccc(C2Nc3ccccc3C3=C(N=C(SC)C=C=N3)O2)cc1. The number of rotatable bonds is 3. The van der Waals surface area contributed by atoms with E-state index in [0.717, 1.165) is 27.6 Å². The van der Waals surface area contributed by atoms with Gasteiger partial charge in [0, 0.05) is 22.9 Å². The average Bonchev–Trinajstić information content (AvgIpc) is 2.99. The summed E-state index contributed by atoms with van der Waals surface area (Å²) in [6, 6.07) is 15.9. The fourth-order valence-electron chi connectivity index (χ4n) is 2.90. The molecule has 2 heterocycles. The molecule has 2 aliphatic heterocycles. The number of hydrogen-bond donors (Lipinski definition) is 1. The predicted molar refractivity (Wildman–Crippen MR) is 111 cm³/mol. The molecule has 6 heteroatoms. The van der Waals surface area contributed by atoms with Crippen LogP contribution in [0.2, 0.25) is 0 Å². The van der Waals surface area contributed by atoms with E-state index in [1.54, 1.807) is 6.08 Å². The van der Waals surface area contributed by atoms with Gasteiger partial charge in [-0.05, 0) is 49.4 Å². The minimum absolute atomic E-state index is 0.394. The Labute approximate surface area is 162 Å². The molecule has 2 aromatic rings. The molecule has 0 aliphatic carbocycles. The van der Waals surface area contributed by atoms with Gasteiger partial charge in [0.1, 0.15) is 16.5 Å². The summed E-state index contributed by atoms with van der Waals surface area (Å²) < 4.78 is 11.8. The number of aliphatic imine (C=N–C) groups is 2. The van der Waals surface area contributed by atoms with Crippen LogP contribution in [0.15, 0.2) is 70.5 Å². The van der Waals surface area contributed by atoms with Crippen LogP contribution in [0.3, 0.4) is 0 Å². The van der Waals surface area contributed by atoms with Crippen molar-refractivity contribution >= 4 is 34.1 Å². The number of anilines is 1. The Hall–Kier alpha value is -2.95. The number of nitrogens with one attached hydrogen (secondary N) is 1. The topological polar surface area (TPSA) is 55.2 Å². The molecular formula is C21H19N3O2S. The Morgan fingerprint density at radius 2 is 2.00 bits per heavy atom. The predicted octanol–water partition coefficient (Wildman–Crippen LogP) is 4.85. The van der Waals surface area contributed by atoms with E-state index in [-0.39, 0.29) is 0 Å². The van der Waals surface area contributed by atoms with E-state index in [4.69, 9.17) is 9.47 Å². The molecular weight excluding hydrogens is 358 g/mol. The summed E-state index contributed by atoms with van der Waals surface area (Å²) in [6.07, 6.45) is 3.34. The first-order chi connectivity index (χ1) is 13.3. The van der Waals surface area contributed by atoms with Gasteiger partial charge < -0.3 is 14.8 Å². The molecule has 2 aliphatic rings. The number of hydrogen-bond acceptors (Lipinski definition) is 6. The fourth-order valence-corrected chi connectivity index (χ4v) is 3.25. The van der Waals surface area contributed by atoms with Crippen LogP contribution in [0, 0.1) is 0 Å². The minimum atomic E-state index is -0.394. The Bertz CT molecular complexity index is 973. The molecule has 0 saturated heterocycles. The monoisotopic (exact) mass is 377 g/mol. The maximum Gasteiger partial charge on any atom is 0.244 e. The average molecular weight is 377 g/mol. The first-order valence-electron chi connectivity index (χ1n) is 8.70. The van der Waals surface area contributed by atoms with Gasteiger partial charge in [0.15, 0.2) is 6.23 Å². The highest BCUT2D eigenvalue weighted by atomic mass is 32.2. The van der Waals surface area contributed by atoms with Crippen LogP contribution >= 0.6 is 11.8 Å². The lowest BCUT2D eigenvalue weighted by molar-refractivity contribution is 0.142. The van der Waals surface area contributed by atoms with Crippen LogP contribution in [0.25, 0.3) is 5.70 Å². The standard InChI is InChI=1S/C21H19N3O2S/c1-3-25-15-10-8-14(9-11-15)20-23-17-7-5-4-6-16(17)19-21(26-20)24-18(27-2)12-13-22-19/h4-12,20,23H,3H2,1-2H3. The van der Waals surface area contributed by atoms with Crippen LogP contribution in [0.5, 0.6) is 5.75 Å². The van der Waals surface area contributed by atoms with Crippen LogP contribution in [-0.2, 0) is 4.74 Å². The zero-order chi connectivity index (χ0) is 18.6. The number of para-hydroxylation sites is 1. The number of ether oxygens (including phenoxy) is 2. The fraction of sp³-hybridized carbons (Fsp3) is 0.190. The minimum Gasteiger partial charge on any atom is -0.494 e. The zero-order valence-corrected chi connectivity index (χ0v) is 15.9. The Morgan fingerprint density at radius 3 is 2.78 bits per heavy atom. The molecule has 0 aromatic heterocycles. The highest BCUT2D eigenvalue weighted by Crippen LogP contribution is 2.38. The third-order valence-corrected chi connectivity index (χ3v) is 4.81. The molecule has 2 aromatic carbocycles. The number of nitrogens with zero attached hydrogens (tertiary/aromatic N) is 2. The van der Waals surface area contributed by atoms with Crippen molar-refractivity contribution in [1.82, 2.24) is 0 Å². The number of thioether (sulfide) groups is 1. The molecule has 0 bridgehead atoms. The highest BCUT2D eigenvalue weighted by Gasteiger charge is 2.25. The van der Waals surface area contributed by atoms with E-state index in [1.807, 2.05) is 61.7 Å². The van der Waals surface area contributed by atoms with Gasteiger partial charge in [-0.15, -0.1) is 11.8 Å². The third-order valence-electron chi connectivity index (χ3n) is 4.18. The third kappa shape index (κ3) is 3.63. The second kappa shape index (κ2) is 7.74. The Balaban J connectivity index is 1.78. The summed E-state index contributed by atoms with van der Waals surface area (Å²) in [4.78, 5) is 9.13. The zero-order valence-electron chi connectivity index (χ0n) is 15.1. The van der Waals surface area contributed by atoms with Crippen LogP contribution in [0.4, 0.5) is 5.69 Å². The lowest BCUT2D eigenvalue weighted by Crippen LogP contribution is -2.13. The van der Waals surface area contributed by atoms with E-state index < -0.39 is 6.23 Å². The normalized spacial score (nSPS) is 17.7. The maximum absolute atomic E-state index is 6.27. The van der Waals surface area contributed by atoms with E-state index >= 15 is 0 Å². The van der Waals surface area contributed by atoms with E-state index in [9.17, 15) is 0 Å². The first-order valence-corrected chi connectivity index (χ1v) is 9.92. The summed E-state index contributed by atoms with van der Waals surface area (Å²) in [7, 11) is 0. The Morgan fingerprint density at radius 1 is 1.19 bits per heavy atom. The smallest absolute Gasteiger partial charge is 0.244 e. The quantitative estimate of drug-likeness (QED) is 0.830. The van der Waals surface area contributed by atoms with E-state index in [1.165, 1.54) is 11.8 Å². The van der Waals surface area contributed by atoms with Crippen molar-refractivity contribution in [3.63, 3.8) is 0 Å². The lowest BCUT2D eigenvalue weighted by Gasteiger charge is -2.20. The summed E-state index contributed by atoms with van der Waals surface area (Å²) in [5.41, 5.74) is 3.53. The Kier molecular flexibility index (Phi) is 5.01. The van der Waals surface area contributed by atoms with Crippen molar-refractivity contribution in [2.75, 3.05) is 18.2 Å². The summed E-state index contributed by atoms with van der Waals surface area (Å²) in [5, 5.41) is 4.26. The van der Waals surface area contributed by atoms with Gasteiger partial charge in [-0.2, -0.15) is 4.99 Å². The summed E-state index contributed by atoms with van der Waals surface area (Å²) >= 11 is 1.53. The van der Waals surface area contributed by atoms with Gasteiger partial charge in [0.05, 0.1) is 6.61 Å². The van der Waals surface area contributed by atoms with Crippen molar-refractivity contribution in [1.29, 1.82) is 0 Å². The van der Waals surface area contributed by atoms with E-state index in [0.29, 0.717) is 18.2 Å². The molecule has 4 rings (SSSR count). The lowest BCUT2D eigenvalue weighted by atomic mass is 10.1. The maximum atomic E-state index is 6.27. The molecule has 1 atom stereocenters. The summed E-state index contributed by atoms with van der Waals surface area (Å²) in [5.74, 6) is 4.28. The molecule has 0 saturated carbocycles. The molecule has 0 amide bonds.